The van der Waals surface area contributed by atoms with Crippen molar-refractivity contribution in [3.8, 4) is 0 Å². The summed E-state index contributed by atoms with van der Waals surface area (Å²) in [6.45, 7) is 9.77. The van der Waals surface area contributed by atoms with Gasteiger partial charge in [-0.05, 0) is 58.3 Å². The van der Waals surface area contributed by atoms with Crippen LogP contribution in [0.5, 0.6) is 0 Å². The van der Waals surface area contributed by atoms with Gasteiger partial charge in [-0.15, -0.1) is 0 Å². The van der Waals surface area contributed by atoms with Crippen LogP contribution in [0.4, 0.5) is 0 Å². The molecule has 3 atom stereocenters. The molecule has 2 rings (SSSR count). The highest BCUT2D eigenvalue weighted by Gasteiger charge is 2.40. The topological polar surface area (TPSA) is 85.0 Å². The number of benzene rings is 1. The van der Waals surface area contributed by atoms with Gasteiger partial charge in [0.15, 0.2) is 0 Å². The molecule has 0 unspecified atom stereocenters. The molecule has 1 aliphatic rings. The van der Waals surface area contributed by atoms with Crippen LogP contribution >= 0.6 is 0 Å². The molecule has 1 saturated heterocycles. The monoisotopic (exact) mass is 487 g/mol. The van der Waals surface area contributed by atoms with Crippen molar-refractivity contribution in [3.05, 3.63) is 35.9 Å². The molecule has 1 aromatic carbocycles. The minimum absolute atomic E-state index is 0.0622. The molecule has 0 aliphatic carbocycles. The molecule has 8 nitrogen and oxygen atoms in total. The van der Waals surface area contributed by atoms with Gasteiger partial charge in [0.2, 0.25) is 17.7 Å². The number of carbonyl (C=O) groups excluding carboxylic acids is 3. The first-order valence-electron chi connectivity index (χ1n) is 12.7. The third-order valence-electron chi connectivity index (χ3n) is 6.63. The number of rotatable bonds is 11. The van der Waals surface area contributed by atoms with E-state index in [4.69, 9.17) is 0 Å². The fourth-order valence-corrected chi connectivity index (χ4v) is 4.38. The molecular formula is C27H45N5O3. The van der Waals surface area contributed by atoms with Crippen LogP contribution in [0.15, 0.2) is 30.3 Å². The predicted octanol–water partition coefficient (Wildman–Crippen LogP) is 1.75. The van der Waals surface area contributed by atoms with Crippen molar-refractivity contribution < 1.29 is 14.4 Å². The third-order valence-corrected chi connectivity index (χ3v) is 6.63. The van der Waals surface area contributed by atoms with Crippen LogP contribution in [-0.2, 0) is 20.8 Å². The van der Waals surface area contributed by atoms with Crippen molar-refractivity contribution >= 4 is 17.7 Å². The molecule has 8 heteroatoms. The second-order valence-electron chi connectivity index (χ2n) is 11.0. The molecule has 1 heterocycles. The molecule has 0 aromatic heterocycles. The summed E-state index contributed by atoms with van der Waals surface area (Å²) in [5.41, 5.74) is 0.741. The van der Waals surface area contributed by atoms with Crippen molar-refractivity contribution in [2.75, 3.05) is 47.3 Å². The molecule has 35 heavy (non-hydrogen) atoms. The van der Waals surface area contributed by atoms with Crippen LogP contribution in [-0.4, -0.2) is 97.9 Å². The van der Waals surface area contributed by atoms with E-state index in [2.05, 4.69) is 22.8 Å². The van der Waals surface area contributed by atoms with E-state index in [1.165, 1.54) is 5.56 Å². The van der Waals surface area contributed by atoms with E-state index in [1.54, 1.807) is 14.0 Å². The Kier molecular flexibility index (Phi) is 10.7. The second-order valence-corrected chi connectivity index (χ2v) is 11.0. The molecule has 1 aromatic rings. The highest BCUT2D eigenvalue weighted by Crippen LogP contribution is 2.26. The molecule has 0 bridgehead atoms. The van der Waals surface area contributed by atoms with E-state index in [0.717, 1.165) is 19.3 Å². The molecule has 0 saturated carbocycles. The maximum atomic E-state index is 13.7. The van der Waals surface area contributed by atoms with Gasteiger partial charge >= 0.3 is 0 Å². The average Bonchev–Trinajstić information content (AvgIpc) is 3.26. The number of nitrogens with zero attached hydrogens (tertiary/aromatic N) is 3. The van der Waals surface area contributed by atoms with Gasteiger partial charge in [0.1, 0.15) is 6.04 Å². The average molecular weight is 488 g/mol. The molecule has 1 aliphatic heterocycles. The second kappa shape index (κ2) is 13.0. The number of hydrogen-bond donors (Lipinski definition) is 2. The maximum Gasteiger partial charge on any atom is 0.246 e. The summed E-state index contributed by atoms with van der Waals surface area (Å²) in [5.74, 6) is -0.198. The molecule has 1 fully saturated rings. The Bertz CT molecular complexity index is 837. The standard InChI is InChI=1S/C27H45N5O3/c1-20(28-5)25(34)29-24(27(2,3)4)26(35)32-16-11-14-22(32)18-31(23(33)19-30(6)7)17-15-21-12-9-8-10-13-21/h8-10,12-13,20,22,24,28H,11,14-19H2,1-7H3,(H,29,34)/t20-,22-,24+/m0/s1. The van der Waals surface area contributed by atoms with E-state index in [0.29, 0.717) is 26.2 Å². The SMILES string of the molecule is CN[C@@H](C)C(=O)N[C@H](C(=O)N1CCC[C@H]1CN(CCc1ccccc1)C(=O)CN(C)C)C(C)(C)C. The van der Waals surface area contributed by atoms with Crippen molar-refractivity contribution in [3.63, 3.8) is 0 Å². The van der Waals surface area contributed by atoms with Crippen LogP contribution in [0, 0.1) is 5.41 Å². The Morgan fingerprint density at radius 3 is 2.37 bits per heavy atom. The van der Waals surface area contributed by atoms with Crippen molar-refractivity contribution in [1.29, 1.82) is 0 Å². The van der Waals surface area contributed by atoms with E-state index in [-0.39, 0.29) is 29.8 Å². The number of likely N-dealkylation sites (N-methyl/N-ethyl adjacent to an activating group) is 2. The van der Waals surface area contributed by atoms with Gasteiger partial charge in [0.25, 0.3) is 0 Å². The zero-order valence-corrected chi connectivity index (χ0v) is 22.6. The third kappa shape index (κ3) is 8.61. The van der Waals surface area contributed by atoms with Crippen molar-refractivity contribution in [2.24, 2.45) is 5.41 Å². The van der Waals surface area contributed by atoms with Gasteiger partial charge in [-0.1, -0.05) is 51.1 Å². The summed E-state index contributed by atoms with van der Waals surface area (Å²) in [4.78, 5) is 45.1. The maximum absolute atomic E-state index is 13.7. The van der Waals surface area contributed by atoms with Crippen LogP contribution in [0.1, 0.15) is 46.1 Å². The predicted molar refractivity (Wildman–Crippen MR) is 140 cm³/mol. The van der Waals surface area contributed by atoms with Crippen LogP contribution in [0.25, 0.3) is 0 Å². The minimum Gasteiger partial charge on any atom is -0.342 e. The van der Waals surface area contributed by atoms with Crippen LogP contribution in [0.2, 0.25) is 0 Å². The highest BCUT2D eigenvalue weighted by molar-refractivity contribution is 5.90. The lowest BCUT2D eigenvalue weighted by Crippen LogP contribution is -2.59. The molecule has 0 radical (unpaired) electrons. The normalized spacial score (nSPS) is 17.8. The van der Waals surface area contributed by atoms with Gasteiger partial charge in [0.05, 0.1) is 12.6 Å². The lowest BCUT2D eigenvalue weighted by Gasteiger charge is -2.37. The lowest BCUT2D eigenvalue weighted by atomic mass is 9.85. The van der Waals surface area contributed by atoms with Gasteiger partial charge in [0, 0.05) is 25.7 Å². The van der Waals surface area contributed by atoms with Crippen LogP contribution < -0.4 is 10.6 Å². The first-order valence-corrected chi connectivity index (χ1v) is 12.7. The van der Waals surface area contributed by atoms with E-state index < -0.39 is 11.5 Å². The summed E-state index contributed by atoms with van der Waals surface area (Å²) in [6, 6.07) is 9.06. The molecule has 2 N–H and O–H groups in total. The largest absolute Gasteiger partial charge is 0.342 e. The number of hydrogen-bond acceptors (Lipinski definition) is 5. The van der Waals surface area contributed by atoms with Gasteiger partial charge in [-0.2, -0.15) is 0 Å². The van der Waals surface area contributed by atoms with Crippen LogP contribution in [0.3, 0.4) is 0 Å². The molecule has 3 amide bonds. The van der Waals surface area contributed by atoms with Gasteiger partial charge in [-0.25, -0.2) is 0 Å². The number of carbonyl (C=O) groups is 3. The van der Waals surface area contributed by atoms with Gasteiger partial charge in [-0.3, -0.25) is 14.4 Å². The van der Waals surface area contributed by atoms with E-state index in [1.807, 2.05) is 67.8 Å². The Hall–Kier alpha value is -2.45. The lowest BCUT2D eigenvalue weighted by molar-refractivity contribution is -0.142. The van der Waals surface area contributed by atoms with Crippen molar-refractivity contribution in [1.82, 2.24) is 25.3 Å². The first kappa shape index (κ1) is 28.8. The Labute approximate surface area is 211 Å². The van der Waals surface area contributed by atoms with E-state index in [9.17, 15) is 14.4 Å². The smallest absolute Gasteiger partial charge is 0.246 e. The highest BCUT2D eigenvalue weighted by atomic mass is 16.2. The van der Waals surface area contributed by atoms with Crippen molar-refractivity contribution in [2.45, 2.75) is 65.1 Å². The van der Waals surface area contributed by atoms with Gasteiger partial charge < -0.3 is 25.3 Å². The quantitative estimate of drug-likeness (QED) is 0.497. The summed E-state index contributed by atoms with van der Waals surface area (Å²) in [7, 11) is 5.51. The zero-order chi connectivity index (χ0) is 26.2. The summed E-state index contributed by atoms with van der Waals surface area (Å²) in [5, 5.41) is 5.91. The number of nitrogens with one attached hydrogen (secondary N) is 2. The fraction of sp³-hybridized carbons (Fsp3) is 0.667. The Morgan fingerprint density at radius 2 is 1.80 bits per heavy atom. The Balaban J connectivity index is 2.18. The summed E-state index contributed by atoms with van der Waals surface area (Å²) in [6.07, 6.45) is 2.51. The fourth-order valence-electron chi connectivity index (χ4n) is 4.38. The number of amides is 3. The summed E-state index contributed by atoms with van der Waals surface area (Å²) >= 11 is 0. The minimum atomic E-state index is -0.637. The Morgan fingerprint density at radius 1 is 1.14 bits per heavy atom. The molecule has 0 spiro atoms. The molecule has 196 valence electrons. The molecular weight excluding hydrogens is 442 g/mol. The van der Waals surface area contributed by atoms with E-state index >= 15 is 0 Å². The zero-order valence-electron chi connectivity index (χ0n) is 22.6. The first-order chi connectivity index (χ1) is 16.4. The summed E-state index contributed by atoms with van der Waals surface area (Å²) < 4.78 is 0. The number of likely N-dealkylation sites (tertiary alicyclic amines) is 1.